The van der Waals surface area contributed by atoms with Crippen molar-refractivity contribution in [3.8, 4) is 5.69 Å². The lowest BCUT2D eigenvalue weighted by molar-refractivity contribution is -0.142. The van der Waals surface area contributed by atoms with Gasteiger partial charge in [0.2, 0.25) is 5.43 Å². The number of carboxylic acid groups (broad SMARTS) is 1. The fourth-order valence-electron chi connectivity index (χ4n) is 4.25. The predicted molar refractivity (Wildman–Crippen MR) is 134 cm³/mol. The number of nitrogen functional groups attached to an aromatic ring is 1. The van der Waals surface area contributed by atoms with E-state index in [1.807, 2.05) is 6.92 Å². The maximum atomic E-state index is 15.3. The first kappa shape index (κ1) is 25.6. The Bertz CT molecular complexity index is 1450. The van der Waals surface area contributed by atoms with E-state index in [1.54, 1.807) is 4.90 Å². The van der Waals surface area contributed by atoms with Gasteiger partial charge in [0.25, 0.3) is 0 Å². The van der Waals surface area contributed by atoms with E-state index in [0.29, 0.717) is 13.1 Å². The highest BCUT2D eigenvalue weighted by atomic mass is 79.9. The number of aromatic carboxylic acids is 1. The van der Waals surface area contributed by atoms with Gasteiger partial charge >= 0.3 is 11.9 Å². The maximum absolute atomic E-state index is 15.3. The first-order valence-electron chi connectivity index (χ1n) is 11.0. The van der Waals surface area contributed by atoms with Crippen LogP contribution in [0.25, 0.3) is 16.6 Å². The Morgan fingerprint density at radius 3 is 2.56 bits per heavy atom. The second kappa shape index (κ2) is 9.86. The van der Waals surface area contributed by atoms with Crippen LogP contribution in [0.4, 0.5) is 20.2 Å². The van der Waals surface area contributed by atoms with E-state index in [0.717, 1.165) is 24.9 Å². The van der Waals surface area contributed by atoms with Gasteiger partial charge in [-0.1, -0.05) is 6.92 Å². The molecule has 0 unspecified atom stereocenters. The third-order valence-corrected chi connectivity index (χ3v) is 6.72. The molecule has 4 N–H and O–H groups in total. The summed E-state index contributed by atoms with van der Waals surface area (Å²) in [5, 5.41) is 12.7. The number of esters is 1. The number of carbonyl (C=O) groups excluding carboxylic acids is 1. The molecule has 0 atom stereocenters. The molecule has 2 aromatic carbocycles. The van der Waals surface area contributed by atoms with Gasteiger partial charge in [-0.05, 0) is 40.7 Å². The number of aromatic nitrogens is 1. The number of pyridine rings is 1. The summed E-state index contributed by atoms with van der Waals surface area (Å²) in [5.41, 5.74) is 4.72. The largest absolute Gasteiger partial charge is 0.477 e. The SMILES string of the molecule is CCNC1CN(c2c(F)cc3c(=O)c(C(=O)O)cn(-c4cc(N)c(F)cc4COC(C)=O)c3c2Br)C1. The average Bonchev–Trinajstić information content (AvgIpc) is 2.78. The molecule has 1 aliphatic heterocycles. The zero-order valence-electron chi connectivity index (χ0n) is 19.4. The molecule has 0 aliphatic carbocycles. The molecule has 9 nitrogen and oxygen atoms in total. The third-order valence-electron chi connectivity index (χ3n) is 5.97. The average molecular weight is 565 g/mol. The summed E-state index contributed by atoms with van der Waals surface area (Å²) in [7, 11) is 0. The van der Waals surface area contributed by atoms with E-state index in [1.165, 1.54) is 17.6 Å². The molecule has 0 radical (unpaired) electrons. The van der Waals surface area contributed by atoms with Crippen molar-refractivity contribution in [3.63, 3.8) is 0 Å². The first-order valence-corrected chi connectivity index (χ1v) is 11.8. The fourth-order valence-corrected chi connectivity index (χ4v) is 5.10. The Morgan fingerprint density at radius 1 is 1.25 bits per heavy atom. The highest BCUT2D eigenvalue weighted by Crippen LogP contribution is 2.39. The second-order valence-electron chi connectivity index (χ2n) is 8.41. The minimum Gasteiger partial charge on any atom is -0.477 e. The molecule has 1 aromatic heterocycles. The number of hydrogen-bond acceptors (Lipinski definition) is 7. The topological polar surface area (TPSA) is 127 Å². The van der Waals surface area contributed by atoms with Gasteiger partial charge in [-0.3, -0.25) is 9.59 Å². The number of nitrogens with two attached hydrogens (primary N) is 1. The molecule has 190 valence electrons. The summed E-state index contributed by atoms with van der Waals surface area (Å²) in [4.78, 5) is 38.1. The molecule has 4 rings (SSSR count). The van der Waals surface area contributed by atoms with Gasteiger partial charge in [0.05, 0.1) is 32.4 Å². The van der Waals surface area contributed by atoms with Crippen LogP contribution < -0.4 is 21.4 Å². The van der Waals surface area contributed by atoms with Crippen molar-refractivity contribution in [2.75, 3.05) is 30.3 Å². The van der Waals surface area contributed by atoms with Gasteiger partial charge in [0.1, 0.15) is 23.8 Å². The Morgan fingerprint density at radius 2 is 1.94 bits per heavy atom. The van der Waals surface area contributed by atoms with Crippen LogP contribution in [-0.4, -0.2) is 47.3 Å². The number of ether oxygens (including phenoxy) is 1. The number of halogens is 3. The quantitative estimate of drug-likeness (QED) is 0.295. The van der Waals surface area contributed by atoms with Crippen LogP contribution in [0.15, 0.2) is 33.7 Å². The number of fused-ring (bicyclic) bond motifs is 1. The number of nitrogens with one attached hydrogen (secondary N) is 1. The highest BCUT2D eigenvalue weighted by Gasteiger charge is 2.32. The zero-order valence-corrected chi connectivity index (χ0v) is 21.0. The summed E-state index contributed by atoms with van der Waals surface area (Å²) in [6, 6.07) is 3.47. The van der Waals surface area contributed by atoms with Crippen molar-refractivity contribution in [3.05, 3.63) is 61.9 Å². The number of likely N-dealkylation sites (N-methyl/N-ethyl adjacent to an activating group) is 1. The monoisotopic (exact) mass is 564 g/mol. The van der Waals surface area contributed by atoms with Crippen LogP contribution in [0.1, 0.15) is 29.8 Å². The van der Waals surface area contributed by atoms with E-state index in [4.69, 9.17) is 10.5 Å². The molecule has 1 fully saturated rings. The third kappa shape index (κ3) is 4.53. The Labute approximate surface area is 212 Å². The van der Waals surface area contributed by atoms with Crippen molar-refractivity contribution in [1.29, 1.82) is 0 Å². The van der Waals surface area contributed by atoms with Gasteiger partial charge in [-0.15, -0.1) is 0 Å². The Kier molecular flexibility index (Phi) is 7.01. The number of rotatable bonds is 7. The lowest BCUT2D eigenvalue weighted by Crippen LogP contribution is -2.58. The summed E-state index contributed by atoms with van der Waals surface area (Å²) in [5.74, 6) is -3.61. The molecule has 0 saturated carbocycles. The van der Waals surface area contributed by atoms with Gasteiger partial charge in [-0.2, -0.15) is 0 Å². The van der Waals surface area contributed by atoms with Crippen LogP contribution in [0.5, 0.6) is 0 Å². The molecular weight excluding hydrogens is 542 g/mol. The van der Waals surface area contributed by atoms with Gasteiger partial charge in [0.15, 0.2) is 0 Å². The van der Waals surface area contributed by atoms with Gasteiger partial charge in [0, 0.05) is 37.8 Å². The molecule has 36 heavy (non-hydrogen) atoms. The smallest absolute Gasteiger partial charge is 0.341 e. The lowest BCUT2D eigenvalue weighted by Gasteiger charge is -2.42. The van der Waals surface area contributed by atoms with Crippen LogP contribution in [0.3, 0.4) is 0 Å². The van der Waals surface area contributed by atoms with Crippen molar-refractivity contribution >= 4 is 50.1 Å². The van der Waals surface area contributed by atoms with E-state index in [9.17, 15) is 23.9 Å². The normalized spacial score (nSPS) is 13.6. The number of carbonyl (C=O) groups is 2. The number of carboxylic acids is 1. The van der Waals surface area contributed by atoms with E-state index in [2.05, 4.69) is 21.2 Å². The minimum absolute atomic E-state index is 0.156. The summed E-state index contributed by atoms with van der Waals surface area (Å²) >= 11 is 3.43. The van der Waals surface area contributed by atoms with E-state index >= 15 is 4.39 Å². The number of hydrogen-bond donors (Lipinski definition) is 3. The maximum Gasteiger partial charge on any atom is 0.341 e. The Balaban J connectivity index is 2.03. The molecule has 1 aliphatic rings. The van der Waals surface area contributed by atoms with E-state index < -0.39 is 34.6 Å². The number of benzene rings is 2. The van der Waals surface area contributed by atoms with Gasteiger partial charge in [-0.25, -0.2) is 13.6 Å². The highest BCUT2D eigenvalue weighted by molar-refractivity contribution is 9.10. The molecule has 0 bridgehead atoms. The van der Waals surface area contributed by atoms with Gasteiger partial charge < -0.3 is 30.4 Å². The first-order chi connectivity index (χ1) is 17.0. The fraction of sp³-hybridized carbons (Fsp3) is 0.292. The van der Waals surface area contributed by atoms with E-state index in [-0.39, 0.29) is 50.6 Å². The van der Waals surface area contributed by atoms with Crippen molar-refractivity contribution in [2.24, 2.45) is 0 Å². The molecule has 2 heterocycles. The lowest BCUT2D eigenvalue weighted by atomic mass is 10.0. The minimum atomic E-state index is -1.52. The van der Waals surface area contributed by atoms with Crippen molar-refractivity contribution in [2.45, 2.75) is 26.5 Å². The molecule has 0 amide bonds. The summed E-state index contributed by atoms with van der Waals surface area (Å²) in [6.07, 6.45) is 1.07. The van der Waals surface area contributed by atoms with Crippen LogP contribution >= 0.6 is 15.9 Å². The van der Waals surface area contributed by atoms with Crippen LogP contribution in [0, 0.1) is 11.6 Å². The molecule has 3 aromatic rings. The van der Waals surface area contributed by atoms with Crippen LogP contribution in [-0.2, 0) is 16.1 Å². The standard InChI is InChI=1S/C24H23BrF2N4O5/c1-3-29-13-7-30(8-13)22-17(27)5-14-21(20(22)25)31(9-15(23(14)33)24(34)35)19-6-18(28)16(26)4-12(19)10-36-11(2)32/h4-6,9,13,29H,3,7-8,10,28H2,1-2H3,(H,34,35). The summed E-state index contributed by atoms with van der Waals surface area (Å²) in [6.45, 7) is 4.61. The van der Waals surface area contributed by atoms with Crippen molar-refractivity contribution < 1.29 is 28.2 Å². The summed E-state index contributed by atoms with van der Waals surface area (Å²) < 4.78 is 36.2. The van der Waals surface area contributed by atoms with Crippen molar-refractivity contribution in [1.82, 2.24) is 9.88 Å². The molecule has 0 spiro atoms. The van der Waals surface area contributed by atoms with Crippen LogP contribution in [0.2, 0.25) is 0 Å². The predicted octanol–water partition coefficient (Wildman–Crippen LogP) is 3.17. The Hall–Kier alpha value is -3.51. The molecule has 12 heteroatoms. The number of anilines is 2. The number of nitrogens with zero attached hydrogens (tertiary/aromatic N) is 2. The second-order valence-corrected chi connectivity index (χ2v) is 9.20. The molecular formula is C24H23BrF2N4O5. The molecule has 1 saturated heterocycles. The zero-order chi connectivity index (χ0) is 26.3.